The van der Waals surface area contributed by atoms with Gasteiger partial charge in [0.15, 0.2) is 0 Å². The van der Waals surface area contributed by atoms with Crippen LogP contribution in [0.25, 0.3) is 22.2 Å². The summed E-state index contributed by atoms with van der Waals surface area (Å²) in [6.07, 6.45) is 5.98. The third kappa shape index (κ3) is 3.71. The van der Waals surface area contributed by atoms with Crippen LogP contribution in [-0.2, 0) is 4.79 Å². The molecule has 0 radical (unpaired) electrons. The van der Waals surface area contributed by atoms with Gasteiger partial charge < -0.3 is 10.4 Å². The molecule has 1 aliphatic carbocycles. The summed E-state index contributed by atoms with van der Waals surface area (Å²) in [5.41, 5.74) is 2.88. The molecular weight excluding hydrogens is 354 g/mol. The number of carboxylic acids is 1. The van der Waals surface area contributed by atoms with Crippen LogP contribution in [-0.4, -0.2) is 33.0 Å². The highest BCUT2D eigenvalue weighted by Gasteiger charge is 2.27. The Morgan fingerprint density at radius 3 is 2.54 bits per heavy atom. The molecule has 0 unspecified atom stereocenters. The molecule has 6 nitrogen and oxygen atoms in total. The van der Waals surface area contributed by atoms with Crippen LogP contribution in [0.1, 0.15) is 36.0 Å². The van der Waals surface area contributed by atoms with Crippen LogP contribution in [0.15, 0.2) is 54.9 Å². The Balaban J connectivity index is 1.62. The van der Waals surface area contributed by atoms with Gasteiger partial charge in [-0.3, -0.25) is 14.6 Å². The fourth-order valence-electron chi connectivity index (χ4n) is 3.77. The van der Waals surface area contributed by atoms with Crippen LogP contribution in [0.2, 0.25) is 0 Å². The van der Waals surface area contributed by atoms with E-state index in [0.29, 0.717) is 36.9 Å². The van der Waals surface area contributed by atoms with E-state index in [0.717, 1.165) is 16.5 Å². The number of para-hydroxylation sites is 1. The molecule has 2 aromatic heterocycles. The minimum Gasteiger partial charge on any atom is -0.481 e. The molecule has 1 fully saturated rings. The highest BCUT2D eigenvalue weighted by molar-refractivity contribution is 6.07. The molecule has 28 heavy (non-hydrogen) atoms. The van der Waals surface area contributed by atoms with Crippen LogP contribution in [0, 0.1) is 5.92 Å². The number of rotatable bonds is 4. The molecule has 3 aromatic rings. The second-order valence-corrected chi connectivity index (χ2v) is 7.17. The molecule has 1 aromatic carbocycles. The monoisotopic (exact) mass is 375 g/mol. The van der Waals surface area contributed by atoms with Gasteiger partial charge in [-0.1, -0.05) is 18.2 Å². The Labute approximate surface area is 162 Å². The zero-order valence-electron chi connectivity index (χ0n) is 15.3. The normalized spacial score (nSPS) is 19.3. The number of carbonyl (C=O) groups excluding carboxylic acids is 1. The topological polar surface area (TPSA) is 92.2 Å². The number of benzene rings is 1. The zero-order chi connectivity index (χ0) is 19.5. The summed E-state index contributed by atoms with van der Waals surface area (Å²) in [7, 11) is 0. The molecule has 0 aliphatic heterocycles. The first-order valence-corrected chi connectivity index (χ1v) is 9.45. The SMILES string of the molecule is O=C(NC1CCC(C(=O)O)CC1)c1cc(-c2cccnc2)nc2ccccc12. The van der Waals surface area contributed by atoms with Gasteiger partial charge in [-0.05, 0) is 49.9 Å². The fourth-order valence-corrected chi connectivity index (χ4v) is 3.77. The van der Waals surface area contributed by atoms with Crippen molar-refractivity contribution in [3.05, 3.63) is 60.4 Å². The molecule has 1 amide bonds. The van der Waals surface area contributed by atoms with Crippen LogP contribution < -0.4 is 5.32 Å². The summed E-state index contributed by atoms with van der Waals surface area (Å²) in [5.74, 6) is -1.19. The maximum Gasteiger partial charge on any atom is 0.306 e. The van der Waals surface area contributed by atoms with Crippen molar-refractivity contribution in [2.24, 2.45) is 5.92 Å². The van der Waals surface area contributed by atoms with Crippen molar-refractivity contribution < 1.29 is 14.7 Å². The zero-order valence-corrected chi connectivity index (χ0v) is 15.3. The lowest BCUT2D eigenvalue weighted by Gasteiger charge is -2.27. The van der Waals surface area contributed by atoms with Crippen molar-refractivity contribution in [1.29, 1.82) is 0 Å². The van der Waals surface area contributed by atoms with E-state index in [9.17, 15) is 9.59 Å². The van der Waals surface area contributed by atoms with Gasteiger partial charge in [-0.15, -0.1) is 0 Å². The Kier molecular flexibility index (Phi) is 5.02. The molecule has 4 rings (SSSR count). The third-order valence-electron chi connectivity index (χ3n) is 5.33. The molecule has 1 aliphatic rings. The first-order valence-electron chi connectivity index (χ1n) is 9.45. The molecule has 6 heteroatoms. The molecule has 0 spiro atoms. The van der Waals surface area contributed by atoms with Crippen molar-refractivity contribution in [3.63, 3.8) is 0 Å². The number of pyridine rings is 2. The third-order valence-corrected chi connectivity index (χ3v) is 5.33. The van der Waals surface area contributed by atoms with Crippen molar-refractivity contribution in [2.45, 2.75) is 31.7 Å². The number of amides is 1. The van der Waals surface area contributed by atoms with E-state index < -0.39 is 5.97 Å². The summed E-state index contributed by atoms with van der Waals surface area (Å²) < 4.78 is 0. The van der Waals surface area contributed by atoms with Crippen molar-refractivity contribution in [3.8, 4) is 11.3 Å². The summed E-state index contributed by atoms with van der Waals surface area (Å²) in [5, 5.41) is 13.0. The molecule has 0 saturated heterocycles. The maximum atomic E-state index is 13.1. The summed E-state index contributed by atoms with van der Waals surface area (Å²) in [6.45, 7) is 0. The summed E-state index contributed by atoms with van der Waals surface area (Å²) in [4.78, 5) is 33.0. The molecule has 1 saturated carbocycles. The van der Waals surface area contributed by atoms with Crippen molar-refractivity contribution >= 4 is 22.8 Å². The Bertz CT molecular complexity index is 1010. The Hall–Kier alpha value is -3.28. The summed E-state index contributed by atoms with van der Waals surface area (Å²) in [6, 6.07) is 13.1. The molecule has 142 valence electrons. The Morgan fingerprint density at radius 2 is 1.82 bits per heavy atom. The number of hydrogen-bond donors (Lipinski definition) is 2. The maximum absolute atomic E-state index is 13.1. The number of nitrogens with zero attached hydrogens (tertiary/aromatic N) is 2. The van der Waals surface area contributed by atoms with E-state index >= 15 is 0 Å². The predicted molar refractivity (Wildman–Crippen MR) is 106 cm³/mol. The quantitative estimate of drug-likeness (QED) is 0.726. The van der Waals surface area contributed by atoms with Crippen molar-refractivity contribution in [2.75, 3.05) is 0 Å². The molecular formula is C22H21N3O3. The number of carbonyl (C=O) groups is 2. The lowest BCUT2D eigenvalue weighted by atomic mass is 9.86. The molecule has 0 atom stereocenters. The van der Waals surface area contributed by atoms with Gasteiger partial charge in [-0.2, -0.15) is 0 Å². The first kappa shape index (κ1) is 18.1. The summed E-state index contributed by atoms with van der Waals surface area (Å²) >= 11 is 0. The van der Waals surface area contributed by atoms with Crippen molar-refractivity contribution in [1.82, 2.24) is 15.3 Å². The average molecular weight is 375 g/mol. The molecule has 0 bridgehead atoms. The number of fused-ring (bicyclic) bond motifs is 1. The fraction of sp³-hybridized carbons (Fsp3) is 0.273. The lowest BCUT2D eigenvalue weighted by Crippen LogP contribution is -2.38. The molecule has 2 heterocycles. The second-order valence-electron chi connectivity index (χ2n) is 7.17. The molecule has 2 N–H and O–H groups in total. The van der Waals surface area contributed by atoms with Gasteiger partial charge in [0.05, 0.1) is 22.7 Å². The van der Waals surface area contributed by atoms with Crippen LogP contribution in [0.3, 0.4) is 0 Å². The minimum absolute atomic E-state index is 0.00290. The predicted octanol–water partition coefficient (Wildman–Crippen LogP) is 3.67. The van der Waals surface area contributed by atoms with E-state index in [-0.39, 0.29) is 17.9 Å². The first-order chi connectivity index (χ1) is 13.6. The van der Waals surface area contributed by atoms with E-state index in [1.807, 2.05) is 36.4 Å². The number of carboxylic acid groups (broad SMARTS) is 1. The van der Waals surface area contributed by atoms with Gasteiger partial charge >= 0.3 is 5.97 Å². The largest absolute Gasteiger partial charge is 0.481 e. The average Bonchev–Trinajstić information content (AvgIpc) is 2.74. The van der Waals surface area contributed by atoms with Crippen LogP contribution in [0.4, 0.5) is 0 Å². The Morgan fingerprint density at radius 1 is 1.04 bits per heavy atom. The van der Waals surface area contributed by atoms with Gasteiger partial charge in [0.2, 0.25) is 0 Å². The second kappa shape index (κ2) is 7.76. The van der Waals surface area contributed by atoms with E-state index in [2.05, 4.69) is 15.3 Å². The van der Waals surface area contributed by atoms with Crippen LogP contribution in [0.5, 0.6) is 0 Å². The van der Waals surface area contributed by atoms with Gasteiger partial charge in [-0.25, -0.2) is 4.98 Å². The number of hydrogen-bond acceptors (Lipinski definition) is 4. The van der Waals surface area contributed by atoms with E-state index in [1.54, 1.807) is 18.5 Å². The smallest absolute Gasteiger partial charge is 0.306 e. The van der Waals surface area contributed by atoms with Gasteiger partial charge in [0.1, 0.15) is 0 Å². The highest BCUT2D eigenvalue weighted by Crippen LogP contribution is 2.27. The van der Waals surface area contributed by atoms with E-state index in [1.165, 1.54) is 0 Å². The minimum atomic E-state index is -0.744. The van der Waals surface area contributed by atoms with Gasteiger partial charge in [0.25, 0.3) is 5.91 Å². The van der Waals surface area contributed by atoms with Gasteiger partial charge in [0, 0.05) is 29.4 Å². The van der Waals surface area contributed by atoms with E-state index in [4.69, 9.17) is 5.11 Å². The standard InChI is InChI=1S/C22H21N3O3/c26-21(24-16-9-7-14(8-10-16)22(27)28)18-12-20(15-4-3-11-23-13-15)25-19-6-2-1-5-17(18)19/h1-6,11-14,16H,7-10H2,(H,24,26)(H,27,28). The number of nitrogens with one attached hydrogen (secondary N) is 1. The van der Waals surface area contributed by atoms with Crippen LogP contribution >= 0.6 is 0 Å². The highest BCUT2D eigenvalue weighted by atomic mass is 16.4. The number of aromatic nitrogens is 2. The number of aliphatic carboxylic acids is 1. The lowest BCUT2D eigenvalue weighted by molar-refractivity contribution is -0.142.